The molecule has 1 aliphatic rings. The smallest absolute Gasteiger partial charge is 0.123 e. The van der Waals surface area contributed by atoms with Gasteiger partial charge in [0.2, 0.25) is 0 Å². The van der Waals surface area contributed by atoms with Crippen LogP contribution in [-0.4, -0.2) is 9.55 Å². The maximum absolute atomic E-state index is 13.3. The van der Waals surface area contributed by atoms with Crippen molar-refractivity contribution in [3.05, 3.63) is 41.6 Å². The van der Waals surface area contributed by atoms with Gasteiger partial charge in [-0.2, -0.15) is 0 Å². The lowest BCUT2D eigenvalue weighted by atomic mass is 10.0. The standard InChI is InChI=1S/C15H17FN2/c1-10-5-4-8-18-11(2)14(17-15(10)18)12-6-3-7-13(16)9-12/h3,6-7,9-10H,4-5,8H2,1-2H3. The molecule has 1 unspecified atom stereocenters. The quantitative estimate of drug-likeness (QED) is 0.744. The van der Waals surface area contributed by atoms with Crippen LogP contribution in [0.25, 0.3) is 11.3 Å². The van der Waals surface area contributed by atoms with Gasteiger partial charge in [0.25, 0.3) is 0 Å². The summed E-state index contributed by atoms with van der Waals surface area (Å²) < 4.78 is 15.6. The molecule has 0 spiro atoms. The van der Waals surface area contributed by atoms with Crippen molar-refractivity contribution in [2.24, 2.45) is 0 Å². The number of benzene rings is 1. The Morgan fingerprint density at radius 1 is 1.39 bits per heavy atom. The Morgan fingerprint density at radius 2 is 2.22 bits per heavy atom. The van der Waals surface area contributed by atoms with Crippen LogP contribution in [-0.2, 0) is 6.54 Å². The van der Waals surface area contributed by atoms with Gasteiger partial charge in [0, 0.05) is 23.7 Å². The summed E-state index contributed by atoms with van der Waals surface area (Å²) in [6, 6.07) is 6.70. The van der Waals surface area contributed by atoms with Crippen molar-refractivity contribution < 1.29 is 4.39 Å². The summed E-state index contributed by atoms with van der Waals surface area (Å²) >= 11 is 0. The predicted molar refractivity (Wildman–Crippen MR) is 70.0 cm³/mol. The maximum atomic E-state index is 13.3. The molecular weight excluding hydrogens is 227 g/mol. The predicted octanol–water partition coefficient (Wildman–Crippen LogP) is 3.89. The Balaban J connectivity index is 2.14. The maximum Gasteiger partial charge on any atom is 0.123 e. The average molecular weight is 244 g/mol. The number of hydrogen-bond acceptors (Lipinski definition) is 1. The highest BCUT2D eigenvalue weighted by Gasteiger charge is 2.22. The minimum atomic E-state index is -0.203. The van der Waals surface area contributed by atoms with Crippen molar-refractivity contribution in [3.8, 4) is 11.3 Å². The van der Waals surface area contributed by atoms with Crippen molar-refractivity contribution in [1.82, 2.24) is 9.55 Å². The molecule has 0 saturated carbocycles. The van der Waals surface area contributed by atoms with E-state index in [-0.39, 0.29) is 5.82 Å². The first-order chi connectivity index (χ1) is 8.66. The molecule has 0 amide bonds. The average Bonchev–Trinajstić information content (AvgIpc) is 2.69. The number of imidazole rings is 1. The van der Waals surface area contributed by atoms with Gasteiger partial charge in [-0.3, -0.25) is 0 Å². The minimum Gasteiger partial charge on any atom is -0.331 e. The van der Waals surface area contributed by atoms with Crippen molar-refractivity contribution in [2.45, 2.75) is 39.2 Å². The number of fused-ring (bicyclic) bond motifs is 1. The highest BCUT2D eigenvalue weighted by molar-refractivity contribution is 5.62. The largest absolute Gasteiger partial charge is 0.331 e. The van der Waals surface area contributed by atoms with E-state index in [1.54, 1.807) is 12.1 Å². The van der Waals surface area contributed by atoms with Crippen LogP contribution in [0.2, 0.25) is 0 Å². The van der Waals surface area contributed by atoms with E-state index in [1.807, 2.05) is 6.07 Å². The third-order valence-corrected chi connectivity index (χ3v) is 3.81. The third kappa shape index (κ3) is 1.74. The molecule has 0 aliphatic carbocycles. The van der Waals surface area contributed by atoms with Crippen molar-refractivity contribution in [3.63, 3.8) is 0 Å². The normalized spacial score (nSPS) is 18.7. The molecule has 1 aromatic heterocycles. The number of hydrogen-bond donors (Lipinski definition) is 0. The Hall–Kier alpha value is -1.64. The third-order valence-electron chi connectivity index (χ3n) is 3.81. The SMILES string of the molecule is Cc1c(-c2cccc(F)c2)nc2n1CCCC2C. The first-order valence-electron chi connectivity index (χ1n) is 6.50. The monoisotopic (exact) mass is 244 g/mol. The van der Waals surface area contributed by atoms with E-state index in [0.29, 0.717) is 5.92 Å². The minimum absolute atomic E-state index is 0.203. The zero-order chi connectivity index (χ0) is 12.7. The van der Waals surface area contributed by atoms with E-state index in [9.17, 15) is 4.39 Å². The molecule has 1 aliphatic heterocycles. The van der Waals surface area contributed by atoms with Crippen molar-refractivity contribution in [2.75, 3.05) is 0 Å². The van der Waals surface area contributed by atoms with Gasteiger partial charge in [0.15, 0.2) is 0 Å². The lowest BCUT2D eigenvalue weighted by Crippen LogP contribution is -2.14. The van der Waals surface area contributed by atoms with Crippen LogP contribution in [0.3, 0.4) is 0 Å². The summed E-state index contributed by atoms with van der Waals surface area (Å²) in [6.45, 7) is 5.33. The van der Waals surface area contributed by atoms with Gasteiger partial charge in [-0.1, -0.05) is 19.1 Å². The first-order valence-corrected chi connectivity index (χ1v) is 6.50. The summed E-state index contributed by atoms with van der Waals surface area (Å²) in [5.74, 6) is 1.45. The molecule has 0 radical (unpaired) electrons. The van der Waals surface area contributed by atoms with Crippen LogP contribution in [0.5, 0.6) is 0 Å². The van der Waals surface area contributed by atoms with Crippen molar-refractivity contribution in [1.29, 1.82) is 0 Å². The van der Waals surface area contributed by atoms with E-state index in [2.05, 4.69) is 18.4 Å². The molecule has 18 heavy (non-hydrogen) atoms. The summed E-state index contributed by atoms with van der Waals surface area (Å²) in [6.07, 6.45) is 2.40. The van der Waals surface area contributed by atoms with Gasteiger partial charge in [-0.05, 0) is 31.9 Å². The van der Waals surface area contributed by atoms with Gasteiger partial charge in [0.1, 0.15) is 11.6 Å². The van der Waals surface area contributed by atoms with Crippen molar-refractivity contribution >= 4 is 0 Å². The summed E-state index contributed by atoms with van der Waals surface area (Å²) in [7, 11) is 0. The zero-order valence-electron chi connectivity index (χ0n) is 10.8. The molecule has 0 N–H and O–H groups in total. The van der Waals surface area contributed by atoms with Gasteiger partial charge < -0.3 is 4.57 Å². The lowest BCUT2D eigenvalue weighted by molar-refractivity contribution is 0.458. The van der Waals surface area contributed by atoms with Gasteiger partial charge in [-0.15, -0.1) is 0 Å². The molecule has 94 valence electrons. The molecule has 0 fully saturated rings. The molecule has 2 aromatic rings. The van der Waals surface area contributed by atoms with Crippen LogP contribution in [0, 0.1) is 12.7 Å². The van der Waals surface area contributed by atoms with Crippen LogP contribution < -0.4 is 0 Å². The van der Waals surface area contributed by atoms with E-state index in [0.717, 1.165) is 29.3 Å². The van der Waals surface area contributed by atoms with Crippen LogP contribution in [0.1, 0.15) is 37.2 Å². The zero-order valence-corrected chi connectivity index (χ0v) is 10.8. The Kier molecular flexibility index (Phi) is 2.69. The Bertz CT molecular complexity index is 586. The number of halogens is 1. The van der Waals surface area contributed by atoms with Gasteiger partial charge >= 0.3 is 0 Å². The highest BCUT2D eigenvalue weighted by Crippen LogP contribution is 2.32. The second-order valence-electron chi connectivity index (χ2n) is 5.11. The van der Waals surface area contributed by atoms with Crippen LogP contribution in [0.4, 0.5) is 4.39 Å². The van der Waals surface area contributed by atoms with Crippen LogP contribution >= 0.6 is 0 Å². The van der Waals surface area contributed by atoms with E-state index in [1.165, 1.54) is 18.9 Å². The topological polar surface area (TPSA) is 17.8 Å². The highest BCUT2D eigenvalue weighted by atomic mass is 19.1. The number of aromatic nitrogens is 2. The lowest BCUT2D eigenvalue weighted by Gasteiger charge is -2.20. The second kappa shape index (κ2) is 4.23. The fourth-order valence-corrected chi connectivity index (χ4v) is 2.81. The molecule has 2 heterocycles. The summed E-state index contributed by atoms with van der Waals surface area (Å²) in [5.41, 5.74) is 2.96. The second-order valence-corrected chi connectivity index (χ2v) is 5.11. The summed E-state index contributed by atoms with van der Waals surface area (Å²) in [4.78, 5) is 4.74. The van der Waals surface area contributed by atoms with E-state index < -0.39 is 0 Å². The summed E-state index contributed by atoms with van der Waals surface area (Å²) in [5, 5.41) is 0. The number of nitrogens with zero attached hydrogens (tertiary/aromatic N) is 2. The first kappa shape index (κ1) is 11.5. The van der Waals surface area contributed by atoms with Gasteiger partial charge in [-0.25, -0.2) is 9.37 Å². The molecule has 2 nitrogen and oxygen atoms in total. The fraction of sp³-hybridized carbons (Fsp3) is 0.400. The molecule has 0 bridgehead atoms. The molecule has 1 atom stereocenters. The molecular formula is C15H17FN2. The Labute approximate surface area is 106 Å². The van der Waals surface area contributed by atoms with E-state index in [4.69, 9.17) is 4.98 Å². The van der Waals surface area contributed by atoms with E-state index >= 15 is 0 Å². The van der Waals surface area contributed by atoms with Crippen LogP contribution in [0.15, 0.2) is 24.3 Å². The molecule has 3 heteroatoms. The Morgan fingerprint density at radius 3 is 2.94 bits per heavy atom. The fourth-order valence-electron chi connectivity index (χ4n) is 2.81. The van der Waals surface area contributed by atoms with Gasteiger partial charge in [0.05, 0.1) is 5.69 Å². The number of rotatable bonds is 1. The molecule has 3 rings (SSSR count). The molecule has 0 saturated heterocycles. The molecule has 1 aromatic carbocycles.